The molecule has 0 unspecified atom stereocenters. The summed E-state index contributed by atoms with van der Waals surface area (Å²) in [4.78, 5) is 15.8. The molecule has 0 fully saturated rings. The van der Waals surface area contributed by atoms with Crippen LogP contribution in [0.25, 0.3) is 0 Å². The molecule has 0 bridgehead atoms. The van der Waals surface area contributed by atoms with Gasteiger partial charge in [-0.2, -0.15) is 0 Å². The van der Waals surface area contributed by atoms with E-state index >= 15 is 0 Å². The summed E-state index contributed by atoms with van der Waals surface area (Å²) in [5.74, 6) is -0.307. The molecule has 6 heteroatoms. The maximum atomic E-state index is 11.9. The van der Waals surface area contributed by atoms with Gasteiger partial charge in [0.2, 0.25) is 0 Å². The van der Waals surface area contributed by atoms with Crippen LogP contribution in [0.1, 0.15) is 10.4 Å². The molecule has 1 aromatic carbocycles. The minimum Gasteiger partial charge on any atom is -0.399 e. The van der Waals surface area contributed by atoms with Crippen molar-refractivity contribution in [1.82, 2.24) is 4.98 Å². The van der Waals surface area contributed by atoms with Gasteiger partial charge in [0.15, 0.2) is 0 Å². The van der Waals surface area contributed by atoms with Crippen molar-refractivity contribution in [3.8, 4) is 0 Å². The molecule has 2 rings (SSSR count). The molecular formula is C12H11ClN4O. The number of nitrogen functional groups attached to an aromatic ring is 2. The van der Waals surface area contributed by atoms with Crippen molar-refractivity contribution in [2.24, 2.45) is 0 Å². The molecule has 5 N–H and O–H groups in total. The van der Waals surface area contributed by atoms with Crippen LogP contribution in [0.3, 0.4) is 0 Å². The molecule has 1 heterocycles. The van der Waals surface area contributed by atoms with Crippen LogP contribution in [0.4, 0.5) is 17.1 Å². The van der Waals surface area contributed by atoms with E-state index in [4.69, 9.17) is 23.1 Å². The third kappa shape index (κ3) is 2.89. The van der Waals surface area contributed by atoms with Gasteiger partial charge in [-0.25, -0.2) is 4.98 Å². The molecule has 0 spiro atoms. The molecule has 1 amide bonds. The highest BCUT2D eigenvalue weighted by Crippen LogP contribution is 2.16. The number of hydrogen-bond acceptors (Lipinski definition) is 4. The second kappa shape index (κ2) is 4.93. The number of aromatic nitrogens is 1. The van der Waals surface area contributed by atoms with Gasteiger partial charge in [0.1, 0.15) is 5.15 Å². The molecule has 2 aromatic rings. The zero-order chi connectivity index (χ0) is 13.1. The van der Waals surface area contributed by atoms with Crippen LogP contribution >= 0.6 is 11.6 Å². The van der Waals surface area contributed by atoms with Crippen molar-refractivity contribution in [2.45, 2.75) is 0 Å². The van der Waals surface area contributed by atoms with E-state index in [0.29, 0.717) is 27.8 Å². The van der Waals surface area contributed by atoms with E-state index in [9.17, 15) is 4.79 Å². The van der Waals surface area contributed by atoms with Gasteiger partial charge in [-0.05, 0) is 30.3 Å². The van der Waals surface area contributed by atoms with Gasteiger partial charge >= 0.3 is 0 Å². The Morgan fingerprint density at radius 2 is 1.83 bits per heavy atom. The van der Waals surface area contributed by atoms with Crippen molar-refractivity contribution >= 4 is 34.6 Å². The van der Waals surface area contributed by atoms with Crippen LogP contribution in [-0.4, -0.2) is 10.9 Å². The van der Waals surface area contributed by atoms with Crippen LogP contribution in [0, 0.1) is 0 Å². The van der Waals surface area contributed by atoms with Crippen molar-refractivity contribution < 1.29 is 4.79 Å². The lowest BCUT2D eigenvalue weighted by Crippen LogP contribution is -2.12. The average molecular weight is 263 g/mol. The molecule has 0 aliphatic carbocycles. The Hall–Kier alpha value is -2.27. The van der Waals surface area contributed by atoms with Gasteiger partial charge < -0.3 is 16.8 Å². The molecule has 0 saturated heterocycles. The van der Waals surface area contributed by atoms with Gasteiger partial charge in [-0.1, -0.05) is 11.6 Å². The molecule has 18 heavy (non-hydrogen) atoms. The van der Waals surface area contributed by atoms with E-state index in [2.05, 4.69) is 10.3 Å². The summed E-state index contributed by atoms with van der Waals surface area (Å²) < 4.78 is 0. The fourth-order valence-electron chi connectivity index (χ4n) is 1.46. The molecule has 0 radical (unpaired) electrons. The zero-order valence-corrected chi connectivity index (χ0v) is 10.1. The third-order valence-electron chi connectivity index (χ3n) is 2.23. The highest BCUT2D eigenvalue weighted by Gasteiger charge is 2.07. The Bertz CT molecular complexity index is 563. The predicted octanol–water partition coefficient (Wildman–Crippen LogP) is 2.15. The topological polar surface area (TPSA) is 94.0 Å². The van der Waals surface area contributed by atoms with Crippen molar-refractivity contribution in [1.29, 1.82) is 0 Å². The molecule has 0 aliphatic heterocycles. The Morgan fingerprint density at radius 3 is 2.39 bits per heavy atom. The quantitative estimate of drug-likeness (QED) is 0.571. The lowest BCUT2D eigenvalue weighted by atomic mass is 10.1. The minimum absolute atomic E-state index is 0.307. The summed E-state index contributed by atoms with van der Waals surface area (Å²) in [5, 5.41) is 3.03. The number of nitrogens with zero attached hydrogens (tertiary/aromatic N) is 1. The molecule has 5 nitrogen and oxygen atoms in total. The Morgan fingerprint density at radius 1 is 1.17 bits per heavy atom. The first-order chi connectivity index (χ1) is 8.54. The van der Waals surface area contributed by atoms with Crippen LogP contribution in [0.15, 0.2) is 36.5 Å². The van der Waals surface area contributed by atoms with E-state index in [-0.39, 0.29) is 5.91 Å². The second-order valence-corrected chi connectivity index (χ2v) is 4.10. The number of rotatable bonds is 2. The highest BCUT2D eigenvalue weighted by molar-refractivity contribution is 6.29. The first-order valence-corrected chi connectivity index (χ1v) is 5.51. The molecular weight excluding hydrogens is 252 g/mol. The minimum atomic E-state index is -0.307. The first-order valence-electron chi connectivity index (χ1n) is 5.13. The maximum Gasteiger partial charge on any atom is 0.255 e. The van der Waals surface area contributed by atoms with E-state index in [0.717, 1.165) is 0 Å². The van der Waals surface area contributed by atoms with Crippen LogP contribution in [0.2, 0.25) is 5.15 Å². The van der Waals surface area contributed by atoms with Gasteiger partial charge in [0.05, 0.1) is 11.9 Å². The number of hydrogen-bond donors (Lipinski definition) is 3. The number of halogens is 1. The van der Waals surface area contributed by atoms with Crippen molar-refractivity contribution in [2.75, 3.05) is 16.8 Å². The number of benzene rings is 1. The normalized spacial score (nSPS) is 10.1. The van der Waals surface area contributed by atoms with E-state index in [1.165, 1.54) is 6.20 Å². The summed E-state index contributed by atoms with van der Waals surface area (Å²) in [6, 6.07) is 7.93. The highest BCUT2D eigenvalue weighted by atomic mass is 35.5. The number of carbonyl (C=O) groups excluding carboxylic acids is 1. The Balaban J connectivity index is 2.19. The fraction of sp³-hybridized carbons (Fsp3) is 0. The number of pyridine rings is 1. The molecule has 0 aliphatic rings. The number of carbonyl (C=O) groups is 1. The Labute approximate surface area is 109 Å². The lowest BCUT2D eigenvalue weighted by molar-refractivity contribution is 0.102. The summed E-state index contributed by atoms with van der Waals surface area (Å²) in [5.41, 5.74) is 13.1. The second-order valence-electron chi connectivity index (χ2n) is 3.71. The van der Waals surface area contributed by atoms with Gasteiger partial charge in [0, 0.05) is 16.9 Å². The summed E-state index contributed by atoms with van der Waals surface area (Å²) in [6.45, 7) is 0. The number of anilines is 3. The SMILES string of the molecule is Nc1cc(N)cc(C(=O)Nc2ccc(Cl)nc2)c1. The zero-order valence-electron chi connectivity index (χ0n) is 9.35. The van der Waals surface area contributed by atoms with E-state index < -0.39 is 0 Å². The summed E-state index contributed by atoms with van der Waals surface area (Å²) >= 11 is 5.65. The van der Waals surface area contributed by atoms with Crippen molar-refractivity contribution in [3.05, 3.63) is 47.2 Å². The molecule has 92 valence electrons. The average Bonchev–Trinajstić information content (AvgIpc) is 2.31. The van der Waals surface area contributed by atoms with Gasteiger partial charge in [-0.3, -0.25) is 4.79 Å². The summed E-state index contributed by atoms with van der Waals surface area (Å²) in [6.07, 6.45) is 1.47. The number of nitrogens with one attached hydrogen (secondary N) is 1. The lowest BCUT2D eigenvalue weighted by Gasteiger charge is -2.06. The third-order valence-corrected chi connectivity index (χ3v) is 2.45. The maximum absolute atomic E-state index is 11.9. The summed E-state index contributed by atoms with van der Waals surface area (Å²) in [7, 11) is 0. The standard InChI is InChI=1S/C12H11ClN4O/c13-11-2-1-10(6-16-11)17-12(18)7-3-8(14)5-9(15)4-7/h1-6H,14-15H2,(H,17,18). The number of nitrogens with two attached hydrogens (primary N) is 2. The molecule has 0 atom stereocenters. The first kappa shape index (κ1) is 12.2. The molecule has 0 saturated carbocycles. The van der Waals surface area contributed by atoms with Crippen LogP contribution in [0.5, 0.6) is 0 Å². The molecule has 1 aromatic heterocycles. The van der Waals surface area contributed by atoms with Gasteiger partial charge in [-0.15, -0.1) is 0 Å². The van der Waals surface area contributed by atoms with Crippen LogP contribution < -0.4 is 16.8 Å². The van der Waals surface area contributed by atoms with Crippen LogP contribution in [-0.2, 0) is 0 Å². The smallest absolute Gasteiger partial charge is 0.255 e. The van der Waals surface area contributed by atoms with E-state index in [1.807, 2.05) is 0 Å². The van der Waals surface area contributed by atoms with E-state index in [1.54, 1.807) is 30.3 Å². The monoisotopic (exact) mass is 262 g/mol. The van der Waals surface area contributed by atoms with Crippen molar-refractivity contribution in [3.63, 3.8) is 0 Å². The Kier molecular flexibility index (Phi) is 3.34. The van der Waals surface area contributed by atoms with Gasteiger partial charge in [0.25, 0.3) is 5.91 Å². The number of amides is 1. The predicted molar refractivity (Wildman–Crippen MR) is 72.5 cm³/mol. The largest absolute Gasteiger partial charge is 0.399 e. The fourth-order valence-corrected chi connectivity index (χ4v) is 1.57.